The minimum atomic E-state index is -0.0738. The molecule has 1 heterocycles. The molecule has 0 saturated heterocycles. The fourth-order valence-corrected chi connectivity index (χ4v) is 2.56. The van der Waals surface area contributed by atoms with Gasteiger partial charge >= 0.3 is 0 Å². The van der Waals surface area contributed by atoms with Crippen LogP contribution in [0, 0.1) is 13.8 Å². The fourth-order valence-electron chi connectivity index (χ4n) is 1.95. The molecular formula is C15H19N3OS. The third-order valence-electron chi connectivity index (χ3n) is 2.88. The summed E-state index contributed by atoms with van der Waals surface area (Å²) < 4.78 is 0. The van der Waals surface area contributed by atoms with E-state index in [2.05, 4.69) is 15.6 Å². The first kappa shape index (κ1) is 14.5. The van der Waals surface area contributed by atoms with Crippen molar-refractivity contribution in [2.45, 2.75) is 27.3 Å². The molecule has 0 aliphatic heterocycles. The van der Waals surface area contributed by atoms with E-state index in [1.54, 1.807) is 11.3 Å². The number of aryl methyl sites for hydroxylation is 2. The summed E-state index contributed by atoms with van der Waals surface area (Å²) in [5, 5.41) is 9.11. The van der Waals surface area contributed by atoms with Crippen molar-refractivity contribution < 1.29 is 4.79 Å². The molecule has 2 rings (SSSR count). The number of aromatic nitrogens is 1. The maximum Gasteiger partial charge on any atom is 0.253 e. The molecule has 0 bridgehead atoms. The van der Waals surface area contributed by atoms with E-state index in [1.165, 1.54) is 0 Å². The van der Waals surface area contributed by atoms with Crippen LogP contribution in [-0.2, 0) is 6.54 Å². The Morgan fingerprint density at radius 2 is 2.15 bits per heavy atom. The van der Waals surface area contributed by atoms with Gasteiger partial charge in [-0.2, -0.15) is 0 Å². The number of nitrogens with one attached hydrogen (secondary N) is 2. The zero-order chi connectivity index (χ0) is 14.5. The van der Waals surface area contributed by atoms with Gasteiger partial charge in [-0.3, -0.25) is 4.79 Å². The largest absolute Gasteiger partial charge is 0.385 e. The third kappa shape index (κ3) is 3.57. The van der Waals surface area contributed by atoms with Gasteiger partial charge in [0.05, 0.1) is 22.8 Å². The number of carbonyl (C=O) groups excluding carboxylic acids is 1. The Kier molecular flexibility index (Phi) is 4.74. The summed E-state index contributed by atoms with van der Waals surface area (Å²) in [6.07, 6.45) is 0. The first-order valence-corrected chi connectivity index (χ1v) is 7.52. The standard InChI is InChI=1S/C15H19N3OS/c1-4-16-14-6-5-10(2)7-13(14)15(19)17-8-12-9-20-11(3)18-12/h5-7,9,16H,4,8H2,1-3H3,(H,17,19). The van der Waals surface area contributed by atoms with E-state index in [4.69, 9.17) is 0 Å². The van der Waals surface area contributed by atoms with Crippen molar-refractivity contribution in [1.82, 2.24) is 10.3 Å². The van der Waals surface area contributed by atoms with Crippen LogP contribution in [0.25, 0.3) is 0 Å². The fraction of sp³-hybridized carbons (Fsp3) is 0.333. The number of thiazole rings is 1. The molecule has 106 valence electrons. The Labute approximate surface area is 123 Å². The highest BCUT2D eigenvalue weighted by molar-refractivity contribution is 7.09. The molecule has 0 spiro atoms. The topological polar surface area (TPSA) is 54.0 Å². The van der Waals surface area contributed by atoms with Crippen LogP contribution in [0.5, 0.6) is 0 Å². The highest BCUT2D eigenvalue weighted by atomic mass is 32.1. The average Bonchev–Trinajstić information content (AvgIpc) is 2.84. The molecule has 2 N–H and O–H groups in total. The molecular weight excluding hydrogens is 270 g/mol. The van der Waals surface area contributed by atoms with E-state index in [9.17, 15) is 4.79 Å². The summed E-state index contributed by atoms with van der Waals surface area (Å²) in [7, 11) is 0. The van der Waals surface area contributed by atoms with Gasteiger partial charge in [0.15, 0.2) is 0 Å². The SMILES string of the molecule is CCNc1ccc(C)cc1C(=O)NCc1csc(C)n1. The molecule has 0 aliphatic carbocycles. The predicted octanol–water partition coefficient (Wildman–Crippen LogP) is 3.12. The Balaban J connectivity index is 2.09. The zero-order valence-electron chi connectivity index (χ0n) is 12.0. The summed E-state index contributed by atoms with van der Waals surface area (Å²) in [4.78, 5) is 16.6. The lowest BCUT2D eigenvalue weighted by Crippen LogP contribution is -2.24. The molecule has 0 unspecified atom stereocenters. The van der Waals surface area contributed by atoms with Crippen LogP contribution in [0.1, 0.15) is 33.5 Å². The van der Waals surface area contributed by atoms with E-state index in [-0.39, 0.29) is 5.91 Å². The second-order valence-corrected chi connectivity index (χ2v) is 5.68. The van der Waals surface area contributed by atoms with Crippen LogP contribution in [-0.4, -0.2) is 17.4 Å². The third-order valence-corrected chi connectivity index (χ3v) is 3.71. The van der Waals surface area contributed by atoms with Crippen molar-refractivity contribution in [3.8, 4) is 0 Å². The van der Waals surface area contributed by atoms with Gasteiger partial charge in [0.25, 0.3) is 5.91 Å². The van der Waals surface area contributed by atoms with Crippen LogP contribution in [0.2, 0.25) is 0 Å². The van der Waals surface area contributed by atoms with E-state index >= 15 is 0 Å². The number of hydrogen-bond donors (Lipinski definition) is 2. The van der Waals surface area contributed by atoms with Gasteiger partial charge in [-0.1, -0.05) is 11.6 Å². The molecule has 0 fully saturated rings. The minimum Gasteiger partial charge on any atom is -0.385 e. The number of nitrogens with zero attached hydrogens (tertiary/aromatic N) is 1. The monoisotopic (exact) mass is 289 g/mol. The molecule has 5 heteroatoms. The summed E-state index contributed by atoms with van der Waals surface area (Å²) in [5.41, 5.74) is 3.52. The van der Waals surface area contributed by atoms with Crippen LogP contribution in [0.3, 0.4) is 0 Å². The lowest BCUT2D eigenvalue weighted by atomic mass is 10.1. The molecule has 20 heavy (non-hydrogen) atoms. The Hall–Kier alpha value is -1.88. The van der Waals surface area contributed by atoms with Gasteiger partial charge in [-0.15, -0.1) is 11.3 Å². The number of hydrogen-bond acceptors (Lipinski definition) is 4. The maximum atomic E-state index is 12.3. The zero-order valence-corrected chi connectivity index (χ0v) is 12.8. The van der Waals surface area contributed by atoms with Gasteiger partial charge in [0.1, 0.15) is 0 Å². The van der Waals surface area contributed by atoms with Gasteiger partial charge in [-0.05, 0) is 32.9 Å². The van der Waals surface area contributed by atoms with Crippen molar-refractivity contribution in [1.29, 1.82) is 0 Å². The summed E-state index contributed by atoms with van der Waals surface area (Å²) >= 11 is 1.59. The van der Waals surface area contributed by atoms with Crippen molar-refractivity contribution in [3.05, 3.63) is 45.4 Å². The normalized spacial score (nSPS) is 10.3. The van der Waals surface area contributed by atoms with E-state index < -0.39 is 0 Å². The Morgan fingerprint density at radius 3 is 2.80 bits per heavy atom. The van der Waals surface area contributed by atoms with Crippen LogP contribution >= 0.6 is 11.3 Å². The molecule has 1 aromatic carbocycles. The van der Waals surface area contributed by atoms with Crippen molar-refractivity contribution in [2.75, 3.05) is 11.9 Å². The lowest BCUT2D eigenvalue weighted by Gasteiger charge is -2.11. The van der Waals surface area contributed by atoms with Crippen LogP contribution < -0.4 is 10.6 Å². The predicted molar refractivity (Wildman–Crippen MR) is 83.4 cm³/mol. The molecule has 0 saturated carbocycles. The Bertz CT molecular complexity index is 607. The molecule has 1 aromatic heterocycles. The number of benzene rings is 1. The molecule has 4 nitrogen and oxygen atoms in total. The number of anilines is 1. The first-order valence-electron chi connectivity index (χ1n) is 6.64. The number of amides is 1. The molecule has 2 aromatic rings. The smallest absolute Gasteiger partial charge is 0.253 e. The minimum absolute atomic E-state index is 0.0738. The maximum absolute atomic E-state index is 12.3. The molecule has 0 atom stereocenters. The summed E-state index contributed by atoms with van der Waals surface area (Å²) in [6, 6.07) is 5.85. The highest BCUT2D eigenvalue weighted by Gasteiger charge is 2.11. The molecule has 0 aliphatic rings. The number of rotatable bonds is 5. The van der Waals surface area contributed by atoms with Gasteiger partial charge in [-0.25, -0.2) is 4.98 Å². The van der Waals surface area contributed by atoms with E-state index in [0.29, 0.717) is 12.1 Å². The number of carbonyl (C=O) groups is 1. The van der Waals surface area contributed by atoms with Gasteiger partial charge in [0, 0.05) is 17.6 Å². The van der Waals surface area contributed by atoms with Crippen LogP contribution in [0.4, 0.5) is 5.69 Å². The second kappa shape index (κ2) is 6.52. The average molecular weight is 289 g/mol. The van der Waals surface area contributed by atoms with E-state index in [0.717, 1.165) is 28.5 Å². The second-order valence-electron chi connectivity index (χ2n) is 4.62. The Morgan fingerprint density at radius 1 is 1.35 bits per heavy atom. The molecule has 1 amide bonds. The van der Waals surface area contributed by atoms with E-state index in [1.807, 2.05) is 44.4 Å². The van der Waals surface area contributed by atoms with Gasteiger partial charge in [0.2, 0.25) is 0 Å². The highest BCUT2D eigenvalue weighted by Crippen LogP contribution is 2.17. The summed E-state index contributed by atoms with van der Waals surface area (Å²) in [6.45, 7) is 7.20. The van der Waals surface area contributed by atoms with Crippen molar-refractivity contribution in [2.24, 2.45) is 0 Å². The lowest BCUT2D eigenvalue weighted by molar-refractivity contribution is 0.0951. The van der Waals surface area contributed by atoms with Crippen molar-refractivity contribution in [3.63, 3.8) is 0 Å². The summed E-state index contributed by atoms with van der Waals surface area (Å²) in [5.74, 6) is -0.0738. The first-order chi connectivity index (χ1) is 9.60. The van der Waals surface area contributed by atoms with Gasteiger partial charge < -0.3 is 10.6 Å². The van der Waals surface area contributed by atoms with Crippen LogP contribution in [0.15, 0.2) is 23.6 Å². The van der Waals surface area contributed by atoms with Crippen molar-refractivity contribution >= 4 is 22.9 Å². The molecule has 0 radical (unpaired) electrons. The quantitative estimate of drug-likeness (QED) is 0.889.